The van der Waals surface area contributed by atoms with Crippen molar-refractivity contribution in [1.82, 2.24) is 0 Å². The molecule has 0 spiro atoms. The lowest BCUT2D eigenvalue weighted by Gasteiger charge is -2.17. The number of aliphatic carboxylic acids is 2. The Kier molecular flexibility index (Phi) is 5.13. The first-order valence-corrected chi connectivity index (χ1v) is 4.96. The SMILES string of the molecule is O=C(O)CC(C(=O)O)C(C(O)O)P(=O)=O. The van der Waals surface area contributed by atoms with Crippen molar-refractivity contribution in [2.75, 3.05) is 0 Å². The highest BCUT2D eigenvalue weighted by atomic mass is 31.1. The van der Waals surface area contributed by atoms with Crippen LogP contribution < -0.4 is 0 Å². The van der Waals surface area contributed by atoms with Gasteiger partial charge >= 0.3 is 19.6 Å². The Hall–Kier alpha value is -1.24. The first kappa shape index (κ1) is 13.8. The topological polar surface area (TPSA) is 149 Å². The Balaban J connectivity index is 5.01. The summed E-state index contributed by atoms with van der Waals surface area (Å²) in [6.07, 6.45) is -3.42. The molecule has 0 bridgehead atoms. The molecule has 4 N–H and O–H groups in total. The predicted molar refractivity (Wildman–Crippen MR) is 43.7 cm³/mol. The fourth-order valence-corrected chi connectivity index (χ4v) is 1.75. The molecule has 0 aliphatic heterocycles. The number of carboxylic acid groups (broad SMARTS) is 2. The summed E-state index contributed by atoms with van der Waals surface area (Å²) in [5.41, 5.74) is -2.03. The van der Waals surface area contributed by atoms with E-state index in [1.54, 1.807) is 0 Å². The molecule has 0 fully saturated rings. The molecule has 0 aromatic heterocycles. The molecular formula is C6H9O8P. The highest BCUT2D eigenvalue weighted by Crippen LogP contribution is 2.28. The van der Waals surface area contributed by atoms with Crippen molar-refractivity contribution < 1.29 is 39.1 Å². The second-order valence-corrected chi connectivity index (χ2v) is 3.90. The van der Waals surface area contributed by atoms with Gasteiger partial charge in [-0.2, -0.15) is 0 Å². The third-order valence-electron chi connectivity index (χ3n) is 1.67. The second-order valence-electron chi connectivity index (χ2n) is 2.73. The number of aliphatic hydroxyl groups excluding tert-OH is 1. The van der Waals surface area contributed by atoms with E-state index in [4.69, 9.17) is 20.4 Å². The Morgan fingerprint density at radius 2 is 1.60 bits per heavy atom. The normalized spacial score (nSPS) is 14.6. The summed E-state index contributed by atoms with van der Waals surface area (Å²) in [7, 11) is -3.45. The van der Waals surface area contributed by atoms with Crippen LogP contribution in [-0.2, 0) is 18.7 Å². The number of rotatable bonds is 6. The van der Waals surface area contributed by atoms with Crippen LogP contribution in [0.5, 0.6) is 0 Å². The first-order valence-electron chi connectivity index (χ1n) is 3.71. The Morgan fingerprint density at radius 3 is 1.80 bits per heavy atom. The lowest BCUT2D eigenvalue weighted by atomic mass is 10.0. The molecule has 8 nitrogen and oxygen atoms in total. The lowest BCUT2D eigenvalue weighted by Crippen LogP contribution is -2.35. The van der Waals surface area contributed by atoms with Gasteiger partial charge in [0.15, 0.2) is 6.29 Å². The number of hydrogen-bond acceptors (Lipinski definition) is 6. The molecule has 0 aromatic carbocycles. The summed E-state index contributed by atoms with van der Waals surface area (Å²) in [6.45, 7) is 0. The van der Waals surface area contributed by atoms with Crippen molar-refractivity contribution in [2.24, 2.45) is 5.92 Å². The Labute approximate surface area is 84.0 Å². The Morgan fingerprint density at radius 1 is 1.13 bits per heavy atom. The molecule has 0 aromatic rings. The van der Waals surface area contributed by atoms with Gasteiger partial charge in [0.25, 0.3) is 0 Å². The van der Waals surface area contributed by atoms with Gasteiger partial charge in [0.1, 0.15) is 5.66 Å². The van der Waals surface area contributed by atoms with E-state index in [0.29, 0.717) is 0 Å². The number of hydrogen-bond donors (Lipinski definition) is 4. The first-order chi connectivity index (χ1) is 6.77. The largest absolute Gasteiger partial charge is 0.481 e. The van der Waals surface area contributed by atoms with Gasteiger partial charge in [0.2, 0.25) is 0 Å². The van der Waals surface area contributed by atoms with Crippen LogP contribution in [0.3, 0.4) is 0 Å². The molecule has 86 valence electrons. The average Bonchev–Trinajstić information content (AvgIpc) is 2.00. The van der Waals surface area contributed by atoms with Crippen molar-refractivity contribution in [2.45, 2.75) is 18.4 Å². The van der Waals surface area contributed by atoms with Crippen LogP contribution in [0.25, 0.3) is 0 Å². The lowest BCUT2D eigenvalue weighted by molar-refractivity contribution is -0.151. The minimum Gasteiger partial charge on any atom is -0.481 e. The van der Waals surface area contributed by atoms with Crippen molar-refractivity contribution in [3.63, 3.8) is 0 Å². The minimum atomic E-state index is -3.45. The predicted octanol–water partition coefficient (Wildman–Crippen LogP) is -0.986. The zero-order chi connectivity index (χ0) is 12.2. The van der Waals surface area contributed by atoms with Crippen molar-refractivity contribution in [3.8, 4) is 0 Å². The van der Waals surface area contributed by atoms with E-state index in [1.165, 1.54) is 0 Å². The van der Waals surface area contributed by atoms with Crippen LogP contribution in [0.4, 0.5) is 0 Å². The van der Waals surface area contributed by atoms with Gasteiger partial charge in [-0.05, 0) is 0 Å². The molecule has 15 heavy (non-hydrogen) atoms. The summed E-state index contributed by atoms with van der Waals surface area (Å²) in [4.78, 5) is 20.8. The maximum absolute atomic E-state index is 10.5. The van der Waals surface area contributed by atoms with Gasteiger partial charge in [-0.1, -0.05) is 0 Å². The highest BCUT2D eigenvalue weighted by Gasteiger charge is 2.38. The van der Waals surface area contributed by atoms with Crippen molar-refractivity contribution in [3.05, 3.63) is 0 Å². The van der Waals surface area contributed by atoms with E-state index in [1.807, 2.05) is 0 Å². The molecule has 0 saturated heterocycles. The maximum Gasteiger partial charge on any atom is 0.324 e. The fourth-order valence-electron chi connectivity index (χ4n) is 1.01. The van der Waals surface area contributed by atoms with Crippen LogP contribution in [0, 0.1) is 5.92 Å². The average molecular weight is 240 g/mol. The van der Waals surface area contributed by atoms with Crippen LogP contribution >= 0.6 is 7.68 Å². The monoisotopic (exact) mass is 240 g/mol. The zero-order valence-corrected chi connectivity index (χ0v) is 8.20. The van der Waals surface area contributed by atoms with Crippen molar-refractivity contribution >= 4 is 19.6 Å². The molecule has 0 amide bonds. The molecule has 0 heterocycles. The summed E-state index contributed by atoms with van der Waals surface area (Å²) >= 11 is 0. The third-order valence-corrected chi connectivity index (χ3v) is 2.79. The zero-order valence-electron chi connectivity index (χ0n) is 7.31. The number of aliphatic hydroxyl groups is 2. The van der Waals surface area contributed by atoms with E-state index >= 15 is 0 Å². The summed E-state index contributed by atoms with van der Waals surface area (Å²) in [6, 6.07) is 0. The molecule has 2 unspecified atom stereocenters. The molecule has 0 rings (SSSR count). The minimum absolute atomic E-state index is 0.999. The van der Waals surface area contributed by atoms with Gasteiger partial charge in [0, 0.05) is 0 Å². The molecule has 9 heteroatoms. The van der Waals surface area contributed by atoms with E-state index in [2.05, 4.69) is 0 Å². The fraction of sp³-hybridized carbons (Fsp3) is 0.667. The summed E-state index contributed by atoms with van der Waals surface area (Å²) in [5, 5.41) is 34.1. The van der Waals surface area contributed by atoms with Crippen LogP contribution in [-0.4, -0.2) is 44.3 Å². The van der Waals surface area contributed by atoms with Crippen LogP contribution in [0.1, 0.15) is 6.42 Å². The van der Waals surface area contributed by atoms with Crippen LogP contribution in [0.2, 0.25) is 0 Å². The molecule has 2 atom stereocenters. The molecule has 0 aliphatic carbocycles. The maximum atomic E-state index is 10.5. The van der Waals surface area contributed by atoms with E-state index in [9.17, 15) is 18.7 Å². The number of carbonyl (C=O) groups is 2. The molecular weight excluding hydrogens is 231 g/mol. The highest BCUT2D eigenvalue weighted by molar-refractivity contribution is 7.31. The van der Waals surface area contributed by atoms with E-state index in [0.717, 1.165) is 0 Å². The smallest absolute Gasteiger partial charge is 0.324 e. The van der Waals surface area contributed by atoms with E-state index in [-0.39, 0.29) is 0 Å². The molecule has 0 radical (unpaired) electrons. The summed E-state index contributed by atoms with van der Waals surface area (Å²) < 4.78 is 21.1. The number of carboxylic acids is 2. The van der Waals surface area contributed by atoms with Crippen molar-refractivity contribution in [1.29, 1.82) is 0 Å². The third kappa shape index (κ3) is 4.20. The van der Waals surface area contributed by atoms with Gasteiger partial charge in [0.05, 0.1) is 12.3 Å². The standard InChI is InChI=1S/C6H9O8P/c7-3(8)1-2(5(9)10)4(6(11)12)15(13)14/h2,4,6,11-12H,1H2,(H,7,8)(H,9,10). The van der Waals surface area contributed by atoms with Gasteiger partial charge in [-0.15, -0.1) is 0 Å². The Bertz CT molecular complexity index is 311. The van der Waals surface area contributed by atoms with Gasteiger partial charge in [-0.25, -0.2) is 9.13 Å². The quantitative estimate of drug-likeness (QED) is 0.341. The summed E-state index contributed by atoms with van der Waals surface area (Å²) in [5.74, 6) is -5.14. The van der Waals surface area contributed by atoms with Gasteiger partial charge in [-0.3, -0.25) is 9.59 Å². The molecule has 0 aliphatic rings. The second kappa shape index (κ2) is 5.59. The van der Waals surface area contributed by atoms with E-state index < -0.39 is 43.9 Å². The van der Waals surface area contributed by atoms with Gasteiger partial charge < -0.3 is 20.4 Å². The molecule has 0 saturated carbocycles. The van der Waals surface area contributed by atoms with Crippen LogP contribution in [0.15, 0.2) is 0 Å².